The van der Waals surface area contributed by atoms with Crippen molar-refractivity contribution in [3.05, 3.63) is 60.0 Å². The van der Waals surface area contributed by atoms with Crippen LogP contribution in [0.15, 0.2) is 48.9 Å². The number of methoxy groups -OCH3 is 1. The minimum absolute atomic E-state index is 0.0722. The number of rotatable bonds is 3. The standard InChI is InChI=1S/C21H23N5O2/c1-24-9-16-10-25(21(27)15-5-8-19-22-13-23-26(19)11-15)12-18(16)20(24)14-3-6-17(28-2)7-4-14/h3-8,11,13,16,18,20H,9-10,12H2,1-2H3/t16-,18+,20+/m0/s1. The van der Waals surface area contributed by atoms with Gasteiger partial charge in [-0.2, -0.15) is 5.10 Å². The first-order valence-electron chi connectivity index (χ1n) is 9.57. The van der Waals surface area contributed by atoms with Crippen molar-refractivity contribution in [3.8, 4) is 5.75 Å². The molecular formula is C21H23N5O2. The van der Waals surface area contributed by atoms with Crippen LogP contribution in [0.25, 0.3) is 5.65 Å². The summed E-state index contributed by atoms with van der Waals surface area (Å²) >= 11 is 0. The molecule has 2 aliphatic heterocycles. The van der Waals surface area contributed by atoms with E-state index in [1.165, 1.54) is 11.9 Å². The molecule has 4 heterocycles. The number of likely N-dealkylation sites (tertiary alicyclic amines) is 2. The van der Waals surface area contributed by atoms with Crippen molar-refractivity contribution >= 4 is 11.6 Å². The van der Waals surface area contributed by atoms with E-state index in [2.05, 4.69) is 34.2 Å². The van der Waals surface area contributed by atoms with Crippen LogP contribution in [0.3, 0.4) is 0 Å². The van der Waals surface area contributed by atoms with E-state index in [0.29, 0.717) is 23.4 Å². The zero-order chi connectivity index (χ0) is 19.3. The summed E-state index contributed by atoms with van der Waals surface area (Å²) in [5, 5.41) is 4.14. The number of benzene rings is 1. The maximum absolute atomic E-state index is 13.1. The molecule has 0 spiro atoms. The Morgan fingerprint density at radius 3 is 2.71 bits per heavy atom. The van der Waals surface area contributed by atoms with Gasteiger partial charge in [0, 0.05) is 37.8 Å². The number of nitrogens with zero attached hydrogens (tertiary/aromatic N) is 5. The lowest BCUT2D eigenvalue weighted by Gasteiger charge is -2.27. The second kappa shape index (κ2) is 6.60. The highest BCUT2D eigenvalue weighted by molar-refractivity contribution is 5.94. The van der Waals surface area contributed by atoms with Crippen molar-refractivity contribution in [1.29, 1.82) is 0 Å². The van der Waals surface area contributed by atoms with Gasteiger partial charge in [0.15, 0.2) is 5.65 Å². The van der Waals surface area contributed by atoms with Crippen LogP contribution >= 0.6 is 0 Å². The fraction of sp³-hybridized carbons (Fsp3) is 0.381. The zero-order valence-electron chi connectivity index (χ0n) is 16.0. The zero-order valence-corrected chi connectivity index (χ0v) is 16.0. The highest BCUT2D eigenvalue weighted by Crippen LogP contribution is 2.44. The lowest BCUT2D eigenvalue weighted by atomic mass is 9.89. The van der Waals surface area contributed by atoms with Crippen molar-refractivity contribution in [2.75, 3.05) is 33.8 Å². The van der Waals surface area contributed by atoms with Crippen LogP contribution < -0.4 is 4.74 Å². The minimum Gasteiger partial charge on any atom is -0.497 e. The van der Waals surface area contributed by atoms with E-state index in [1.807, 2.05) is 29.2 Å². The predicted molar refractivity (Wildman–Crippen MR) is 104 cm³/mol. The van der Waals surface area contributed by atoms with Crippen molar-refractivity contribution in [3.63, 3.8) is 0 Å². The third-order valence-corrected chi connectivity index (χ3v) is 6.16. The van der Waals surface area contributed by atoms with E-state index in [-0.39, 0.29) is 5.91 Å². The maximum atomic E-state index is 13.1. The van der Waals surface area contributed by atoms with Crippen molar-refractivity contribution in [1.82, 2.24) is 24.4 Å². The van der Waals surface area contributed by atoms with Crippen LogP contribution in [0.1, 0.15) is 22.0 Å². The maximum Gasteiger partial charge on any atom is 0.255 e. The molecule has 7 nitrogen and oxygen atoms in total. The summed E-state index contributed by atoms with van der Waals surface area (Å²) in [6.45, 7) is 2.59. The minimum atomic E-state index is 0.0722. The molecule has 0 unspecified atom stereocenters. The van der Waals surface area contributed by atoms with Gasteiger partial charge in [0.2, 0.25) is 0 Å². The Labute approximate surface area is 163 Å². The van der Waals surface area contributed by atoms with Crippen LogP contribution in [0.2, 0.25) is 0 Å². The quantitative estimate of drug-likeness (QED) is 0.700. The van der Waals surface area contributed by atoms with Gasteiger partial charge in [-0.3, -0.25) is 9.69 Å². The Morgan fingerprint density at radius 2 is 1.93 bits per heavy atom. The fourth-order valence-corrected chi connectivity index (χ4v) is 4.85. The van der Waals surface area contributed by atoms with Crippen LogP contribution in [-0.2, 0) is 0 Å². The Kier molecular flexibility index (Phi) is 4.05. The molecule has 2 fully saturated rings. The average molecular weight is 377 g/mol. The second-order valence-corrected chi connectivity index (χ2v) is 7.77. The number of pyridine rings is 1. The van der Waals surface area contributed by atoms with E-state index >= 15 is 0 Å². The molecule has 0 radical (unpaired) electrons. The number of hydrogen-bond acceptors (Lipinski definition) is 5. The van der Waals surface area contributed by atoms with Crippen LogP contribution in [0.4, 0.5) is 0 Å². The number of carbonyl (C=O) groups excluding carboxylic acids is 1. The molecule has 7 heteroatoms. The summed E-state index contributed by atoms with van der Waals surface area (Å²) in [5.74, 6) is 1.88. The highest BCUT2D eigenvalue weighted by Gasteiger charge is 2.47. The van der Waals surface area contributed by atoms with E-state index in [4.69, 9.17) is 4.74 Å². The monoisotopic (exact) mass is 377 g/mol. The highest BCUT2D eigenvalue weighted by atomic mass is 16.5. The molecule has 28 heavy (non-hydrogen) atoms. The van der Waals surface area contributed by atoms with Crippen LogP contribution in [-0.4, -0.2) is 64.1 Å². The molecule has 0 N–H and O–H groups in total. The molecule has 3 atom stereocenters. The topological polar surface area (TPSA) is 63.0 Å². The molecule has 3 aromatic rings. The molecule has 0 aliphatic carbocycles. The molecule has 0 saturated carbocycles. The molecule has 144 valence electrons. The Morgan fingerprint density at radius 1 is 1.11 bits per heavy atom. The third kappa shape index (κ3) is 2.74. The number of hydrogen-bond donors (Lipinski definition) is 0. The molecule has 2 saturated heterocycles. The number of carbonyl (C=O) groups is 1. The Hall–Kier alpha value is -2.93. The van der Waals surface area contributed by atoms with Crippen molar-refractivity contribution in [2.24, 2.45) is 11.8 Å². The van der Waals surface area contributed by atoms with Gasteiger partial charge in [-0.05, 0) is 42.8 Å². The third-order valence-electron chi connectivity index (χ3n) is 6.16. The summed E-state index contributed by atoms with van der Waals surface area (Å²) in [5.41, 5.74) is 2.69. The van der Waals surface area contributed by atoms with Crippen LogP contribution in [0.5, 0.6) is 5.75 Å². The SMILES string of the molecule is COc1ccc([C@@H]2[C@@H]3CN(C(=O)c4ccc5ncnn5c4)C[C@@H]3CN2C)cc1. The van der Waals surface area contributed by atoms with Gasteiger partial charge in [-0.25, -0.2) is 9.50 Å². The predicted octanol–water partition coefficient (Wildman–Crippen LogP) is 2.11. The van der Waals surface area contributed by atoms with Crippen LogP contribution in [0, 0.1) is 11.8 Å². The van der Waals surface area contributed by atoms with Crippen molar-refractivity contribution in [2.45, 2.75) is 6.04 Å². The smallest absolute Gasteiger partial charge is 0.255 e. The summed E-state index contributed by atoms with van der Waals surface area (Å²) in [6.07, 6.45) is 3.27. The first-order chi connectivity index (χ1) is 13.6. The number of aromatic nitrogens is 3. The van der Waals surface area contributed by atoms with Gasteiger partial charge in [0.1, 0.15) is 12.1 Å². The van der Waals surface area contributed by atoms with Crippen molar-refractivity contribution < 1.29 is 9.53 Å². The summed E-state index contributed by atoms with van der Waals surface area (Å²) < 4.78 is 6.94. The molecule has 1 aromatic carbocycles. The van der Waals surface area contributed by atoms with E-state index in [1.54, 1.807) is 17.8 Å². The Balaban J connectivity index is 1.37. The van der Waals surface area contributed by atoms with Gasteiger partial charge in [0.25, 0.3) is 5.91 Å². The van der Waals surface area contributed by atoms with Gasteiger partial charge in [-0.15, -0.1) is 0 Å². The molecule has 2 aromatic heterocycles. The number of ether oxygens (including phenoxy) is 1. The fourth-order valence-electron chi connectivity index (χ4n) is 4.85. The average Bonchev–Trinajstić information content (AvgIpc) is 3.41. The van der Waals surface area contributed by atoms with E-state index in [9.17, 15) is 4.79 Å². The lowest BCUT2D eigenvalue weighted by molar-refractivity contribution is 0.0767. The first kappa shape index (κ1) is 17.2. The number of amides is 1. The van der Waals surface area contributed by atoms with Gasteiger partial charge < -0.3 is 9.64 Å². The first-order valence-corrected chi connectivity index (χ1v) is 9.57. The van der Waals surface area contributed by atoms with Gasteiger partial charge in [-0.1, -0.05) is 12.1 Å². The summed E-state index contributed by atoms with van der Waals surface area (Å²) in [7, 11) is 3.86. The lowest BCUT2D eigenvalue weighted by Crippen LogP contribution is -2.33. The Bertz CT molecular complexity index is 1020. The van der Waals surface area contributed by atoms with Gasteiger partial charge >= 0.3 is 0 Å². The normalized spacial score (nSPS) is 24.6. The molecule has 1 amide bonds. The van der Waals surface area contributed by atoms with E-state index < -0.39 is 0 Å². The largest absolute Gasteiger partial charge is 0.497 e. The number of fused-ring (bicyclic) bond motifs is 2. The molecule has 5 rings (SSSR count). The molecular weight excluding hydrogens is 354 g/mol. The van der Waals surface area contributed by atoms with E-state index in [0.717, 1.165) is 31.0 Å². The van der Waals surface area contributed by atoms with Gasteiger partial charge in [0.05, 0.1) is 12.7 Å². The summed E-state index contributed by atoms with van der Waals surface area (Å²) in [4.78, 5) is 21.6. The molecule has 2 aliphatic rings. The molecule has 0 bridgehead atoms. The summed E-state index contributed by atoms with van der Waals surface area (Å²) in [6, 6.07) is 12.3. The second-order valence-electron chi connectivity index (χ2n) is 7.77.